The number of piperazine rings is 1. The Morgan fingerprint density at radius 1 is 1.04 bits per heavy atom. The molecule has 1 saturated carbocycles. The van der Waals surface area contributed by atoms with E-state index in [0.29, 0.717) is 11.3 Å². The SMILES string of the molecule is COC(=O)c1ccc(NC(=O)N2CCN(C3CCCC3)CC2)cc1. The minimum absolute atomic E-state index is 0.0770. The first kappa shape index (κ1) is 16.8. The van der Waals surface area contributed by atoms with E-state index in [-0.39, 0.29) is 12.0 Å². The normalized spacial score (nSPS) is 19.3. The fourth-order valence-electron chi connectivity index (χ4n) is 3.57. The van der Waals surface area contributed by atoms with Crippen molar-refractivity contribution in [3.05, 3.63) is 29.8 Å². The van der Waals surface area contributed by atoms with E-state index in [0.717, 1.165) is 32.2 Å². The number of anilines is 1. The largest absolute Gasteiger partial charge is 0.465 e. The molecular formula is C18H25N3O3. The summed E-state index contributed by atoms with van der Waals surface area (Å²) in [6, 6.07) is 7.39. The number of rotatable bonds is 3. The van der Waals surface area contributed by atoms with Gasteiger partial charge in [-0.15, -0.1) is 0 Å². The van der Waals surface area contributed by atoms with Gasteiger partial charge >= 0.3 is 12.0 Å². The number of hydrogen-bond donors (Lipinski definition) is 1. The summed E-state index contributed by atoms with van der Waals surface area (Å²) >= 11 is 0. The molecule has 0 unspecified atom stereocenters. The molecule has 1 saturated heterocycles. The van der Waals surface area contributed by atoms with E-state index in [1.165, 1.54) is 32.8 Å². The van der Waals surface area contributed by atoms with Crippen molar-refractivity contribution < 1.29 is 14.3 Å². The van der Waals surface area contributed by atoms with Gasteiger partial charge in [-0.1, -0.05) is 12.8 Å². The van der Waals surface area contributed by atoms with Gasteiger partial charge in [-0.05, 0) is 37.1 Å². The zero-order valence-corrected chi connectivity index (χ0v) is 14.2. The van der Waals surface area contributed by atoms with Gasteiger partial charge in [0.25, 0.3) is 0 Å². The van der Waals surface area contributed by atoms with Gasteiger partial charge in [0, 0.05) is 37.9 Å². The van der Waals surface area contributed by atoms with Gasteiger partial charge in [0.15, 0.2) is 0 Å². The van der Waals surface area contributed by atoms with Crippen LogP contribution in [0.1, 0.15) is 36.0 Å². The van der Waals surface area contributed by atoms with E-state index in [2.05, 4.69) is 15.0 Å². The number of amides is 2. The molecule has 1 aromatic rings. The Hall–Kier alpha value is -2.08. The van der Waals surface area contributed by atoms with Crippen LogP contribution in [0.3, 0.4) is 0 Å². The second-order valence-corrected chi connectivity index (χ2v) is 6.46. The number of carbonyl (C=O) groups excluding carboxylic acids is 2. The number of urea groups is 1. The van der Waals surface area contributed by atoms with Crippen LogP contribution < -0.4 is 5.32 Å². The second-order valence-electron chi connectivity index (χ2n) is 6.46. The summed E-state index contributed by atoms with van der Waals surface area (Å²) in [6.45, 7) is 3.45. The van der Waals surface area contributed by atoms with Crippen LogP contribution >= 0.6 is 0 Å². The molecular weight excluding hydrogens is 306 g/mol. The smallest absolute Gasteiger partial charge is 0.337 e. The molecule has 0 spiro atoms. The van der Waals surface area contributed by atoms with Gasteiger partial charge in [-0.2, -0.15) is 0 Å². The molecule has 2 fully saturated rings. The number of ether oxygens (including phenoxy) is 1. The summed E-state index contributed by atoms with van der Waals surface area (Å²) in [5.41, 5.74) is 1.16. The molecule has 0 radical (unpaired) electrons. The van der Waals surface area contributed by atoms with E-state index in [1.54, 1.807) is 24.3 Å². The molecule has 2 aliphatic rings. The molecule has 0 atom stereocenters. The van der Waals surface area contributed by atoms with E-state index in [1.807, 2.05) is 4.90 Å². The molecule has 6 heteroatoms. The Bertz CT molecular complexity index is 574. The Labute approximate surface area is 142 Å². The van der Waals surface area contributed by atoms with Crippen molar-refractivity contribution >= 4 is 17.7 Å². The van der Waals surface area contributed by atoms with Crippen LogP contribution in [0.5, 0.6) is 0 Å². The van der Waals surface area contributed by atoms with Gasteiger partial charge < -0.3 is 15.0 Å². The third kappa shape index (κ3) is 3.87. The van der Waals surface area contributed by atoms with E-state index >= 15 is 0 Å². The molecule has 1 aromatic carbocycles. The standard InChI is InChI=1S/C18H25N3O3/c1-24-17(22)14-6-8-15(9-7-14)19-18(23)21-12-10-20(11-13-21)16-4-2-3-5-16/h6-9,16H,2-5,10-13H2,1H3,(H,19,23). The van der Waals surface area contributed by atoms with Crippen molar-refractivity contribution in [3.63, 3.8) is 0 Å². The average molecular weight is 331 g/mol. The Morgan fingerprint density at radius 3 is 2.25 bits per heavy atom. The number of methoxy groups -OCH3 is 1. The molecule has 0 bridgehead atoms. The van der Waals surface area contributed by atoms with Crippen molar-refractivity contribution in [2.24, 2.45) is 0 Å². The summed E-state index contributed by atoms with van der Waals surface area (Å²) in [6.07, 6.45) is 5.29. The summed E-state index contributed by atoms with van der Waals surface area (Å²) in [7, 11) is 1.35. The highest BCUT2D eigenvalue weighted by Gasteiger charge is 2.27. The van der Waals surface area contributed by atoms with Gasteiger partial charge in [-0.25, -0.2) is 9.59 Å². The van der Waals surface area contributed by atoms with Crippen molar-refractivity contribution in [2.75, 3.05) is 38.6 Å². The van der Waals surface area contributed by atoms with Crippen LogP contribution in [0.4, 0.5) is 10.5 Å². The molecule has 6 nitrogen and oxygen atoms in total. The van der Waals surface area contributed by atoms with Crippen LogP contribution in [-0.2, 0) is 4.74 Å². The maximum atomic E-state index is 12.4. The third-order valence-corrected chi connectivity index (χ3v) is 5.00. The topological polar surface area (TPSA) is 61.9 Å². The highest BCUT2D eigenvalue weighted by Crippen LogP contribution is 2.24. The number of benzene rings is 1. The van der Waals surface area contributed by atoms with Crippen LogP contribution in [-0.4, -0.2) is 61.1 Å². The molecule has 1 heterocycles. The fraction of sp³-hybridized carbons (Fsp3) is 0.556. The first-order valence-electron chi connectivity index (χ1n) is 8.66. The lowest BCUT2D eigenvalue weighted by molar-refractivity contribution is 0.0601. The summed E-state index contributed by atoms with van der Waals surface area (Å²) < 4.78 is 4.67. The summed E-state index contributed by atoms with van der Waals surface area (Å²) in [5, 5.41) is 2.90. The number of esters is 1. The molecule has 1 aliphatic heterocycles. The van der Waals surface area contributed by atoms with Crippen molar-refractivity contribution in [2.45, 2.75) is 31.7 Å². The van der Waals surface area contributed by atoms with E-state index < -0.39 is 0 Å². The van der Waals surface area contributed by atoms with Gasteiger partial charge in [0.1, 0.15) is 0 Å². The lowest BCUT2D eigenvalue weighted by atomic mass is 10.2. The zero-order valence-electron chi connectivity index (χ0n) is 14.2. The van der Waals surface area contributed by atoms with E-state index in [4.69, 9.17) is 0 Å². The highest BCUT2D eigenvalue weighted by atomic mass is 16.5. The first-order valence-corrected chi connectivity index (χ1v) is 8.66. The lowest BCUT2D eigenvalue weighted by Gasteiger charge is -2.38. The Balaban J connectivity index is 1.49. The maximum Gasteiger partial charge on any atom is 0.337 e. The summed E-state index contributed by atoms with van der Waals surface area (Å²) in [5.74, 6) is -0.379. The number of carbonyl (C=O) groups is 2. The second kappa shape index (κ2) is 7.66. The molecule has 3 rings (SSSR count). The minimum atomic E-state index is -0.379. The van der Waals surface area contributed by atoms with Crippen LogP contribution in [0, 0.1) is 0 Å². The van der Waals surface area contributed by atoms with Crippen LogP contribution in [0.15, 0.2) is 24.3 Å². The molecule has 130 valence electrons. The average Bonchev–Trinajstić information content (AvgIpc) is 3.16. The summed E-state index contributed by atoms with van der Waals surface area (Å²) in [4.78, 5) is 28.2. The molecule has 1 N–H and O–H groups in total. The first-order chi connectivity index (χ1) is 11.7. The van der Waals surface area contributed by atoms with Crippen LogP contribution in [0.25, 0.3) is 0 Å². The predicted octanol–water partition coefficient (Wildman–Crippen LogP) is 2.57. The number of hydrogen-bond acceptors (Lipinski definition) is 4. The van der Waals surface area contributed by atoms with Crippen molar-refractivity contribution in [3.8, 4) is 0 Å². The monoisotopic (exact) mass is 331 g/mol. The lowest BCUT2D eigenvalue weighted by Crippen LogP contribution is -2.52. The Kier molecular flexibility index (Phi) is 5.35. The number of nitrogens with one attached hydrogen (secondary N) is 1. The Morgan fingerprint density at radius 2 is 1.67 bits per heavy atom. The predicted molar refractivity (Wildman–Crippen MR) is 92.2 cm³/mol. The van der Waals surface area contributed by atoms with Gasteiger partial charge in [0.2, 0.25) is 0 Å². The third-order valence-electron chi connectivity index (χ3n) is 5.00. The van der Waals surface area contributed by atoms with Crippen molar-refractivity contribution in [1.82, 2.24) is 9.80 Å². The zero-order chi connectivity index (χ0) is 16.9. The van der Waals surface area contributed by atoms with Gasteiger partial charge in [-0.3, -0.25) is 4.90 Å². The van der Waals surface area contributed by atoms with Crippen molar-refractivity contribution in [1.29, 1.82) is 0 Å². The molecule has 0 aromatic heterocycles. The molecule has 1 aliphatic carbocycles. The van der Waals surface area contributed by atoms with E-state index in [9.17, 15) is 9.59 Å². The number of nitrogens with zero attached hydrogens (tertiary/aromatic N) is 2. The van der Waals surface area contributed by atoms with Crippen LogP contribution in [0.2, 0.25) is 0 Å². The molecule has 2 amide bonds. The molecule has 24 heavy (non-hydrogen) atoms. The minimum Gasteiger partial charge on any atom is -0.465 e. The quantitative estimate of drug-likeness (QED) is 0.865. The fourth-order valence-corrected chi connectivity index (χ4v) is 3.57. The van der Waals surface area contributed by atoms with Gasteiger partial charge in [0.05, 0.1) is 12.7 Å². The highest BCUT2D eigenvalue weighted by molar-refractivity contribution is 5.92. The maximum absolute atomic E-state index is 12.4.